The molecule has 2 aromatic heterocycles. The Morgan fingerprint density at radius 2 is 1.89 bits per heavy atom. The van der Waals surface area contributed by atoms with Gasteiger partial charge in [0.1, 0.15) is 16.4 Å². The third-order valence-electron chi connectivity index (χ3n) is 2.90. The number of nitrogens with zero attached hydrogens (tertiary/aromatic N) is 2. The van der Waals surface area contributed by atoms with Crippen LogP contribution in [-0.2, 0) is 0 Å². The average molecular weight is 273 g/mol. The number of hydrogen-bond donors (Lipinski definition) is 1. The van der Waals surface area contributed by atoms with Crippen molar-refractivity contribution < 1.29 is 9.90 Å². The molecular formula is C14H9ClN2O2. The van der Waals surface area contributed by atoms with Crippen molar-refractivity contribution in [2.75, 3.05) is 0 Å². The number of rotatable bonds is 2. The number of halogens is 1. The number of carboxylic acid groups (broad SMARTS) is 1. The second-order valence-corrected chi connectivity index (χ2v) is 4.37. The highest BCUT2D eigenvalue weighted by molar-refractivity contribution is 6.35. The van der Waals surface area contributed by atoms with E-state index in [4.69, 9.17) is 11.6 Å². The summed E-state index contributed by atoms with van der Waals surface area (Å²) in [5, 5.41) is 9.99. The van der Waals surface area contributed by atoms with Gasteiger partial charge in [-0.2, -0.15) is 0 Å². The van der Waals surface area contributed by atoms with E-state index in [0.717, 1.165) is 5.69 Å². The molecule has 3 rings (SSSR count). The van der Waals surface area contributed by atoms with Crippen LogP contribution in [-0.4, -0.2) is 20.6 Å². The first-order valence-electron chi connectivity index (χ1n) is 5.64. The molecule has 1 N–H and O–H groups in total. The van der Waals surface area contributed by atoms with Crippen LogP contribution in [0, 0.1) is 0 Å². The molecule has 0 atom stereocenters. The van der Waals surface area contributed by atoms with E-state index in [1.807, 2.05) is 30.3 Å². The van der Waals surface area contributed by atoms with Crippen molar-refractivity contribution in [1.29, 1.82) is 0 Å². The minimum atomic E-state index is -1.06. The third kappa shape index (κ3) is 1.77. The van der Waals surface area contributed by atoms with Gasteiger partial charge in [-0.05, 0) is 24.3 Å². The molecule has 4 nitrogen and oxygen atoms in total. The van der Waals surface area contributed by atoms with Crippen LogP contribution < -0.4 is 0 Å². The second-order valence-electron chi connectivity index (χ2n) is 4.02. The number of aromatic carboxylic acids is 1. The van der Waals surface area contributed by atoms with Crippen LogP contribution in [0.15, 0.2) is 48.7 Å². The van der Waals surface area contributed by atoms with E-state index in [9.17, 15) is 9.90 Å². The van der Waals surface area contributed by atoms with Gasteiger partial charge in [0.15, 0.2) is 0 Å². The first kappa shape index (κ1) is 11.7. The first-order valence-corrected chi connectivity index (χ1v) is 6.01. The zero-order valence-electron chi connectivity index (χ0n) is 9.75. The Balaban J connectivity index is 2.43. The van der Waals surface area contributed by atoms with Gasteiger partial charge in [-0.25, -0.2) is 9.78 Å². The Morgan fingerprint density at radius 1 is 1.16 bits per heavy atom. The summed E-state index contributed by atoms with van der Waals surface area (Å²) in [5.74, 6) is -1.06. The van der Waals surface area contributed by atoms with E-state index >= 15 is 0 Å². The summed E-state index contributed by atoms with van der Waals surface area (Å²) in [7, 11) is 0. The number of benzene rings is 1. The maximum absolute atomic E-state index is 11.4. The number of fused-ring (bicyclic) bond motifs is 1. The molecule has 0 bridgehead atoms. The molecule has 19 heavy (non-hydrogen) atoms. The van der Waals surface area contributed by atoms with Gasteiger partial charge in [0, 0.05) is 17.3 Å². The van der Waals surface area contributed by atoms with Crippen LogP contribution in [0.3, 0.4) is 0 Å². The topological polar surface area (TPSA) is 55.1 Å². The van der Waals surface area contributed by atoms with Gasteiger partial charge < -0.3 is 5.11 Å². The van der Waals surface area contributed by atoms with Gasteiger partial charge >= 0.3 is 5.97 Å². The van der Waals surface area contributed by atoms with Crippen molar-refractivity contribution in [2.45, 2.75) is 0 Å². The van der Waals surface area contributed by atoms with E-state index in [2.05, 4.69) is 4.98 Å². The molecule has 3 aromatic rings. The van der Waals surface area contributed by atoms with Crippen LogP contribution in [0.1, 0.15) is 10.4 Å². The fraction of sp³-hybridized carbons (Fsp3) is 0. The Labute approximate surface area is 113 Å². The van der Waals surface area contributed by atoms with E-state index < -0.39 is 5.97 Å². The van der Waals surface area contributed by atoms with Gasteiger partial charge in [-0.15, -0.1) is 0 Å². The maximum Gasteiger partial charge on any atom is 0.339 e. The van der Waals surface area contributed by atoms with E-state index in [1.54, 1.807) is 22.9 Å². The summed E-state index contributed by atoms with van der Waals surface area (Å²) in [6, 6.07) is 12.7. The molecule has 0 saturated carbocycles. The molecule has 94 valence electrons. The average Bonchev–Trinajstić information content (AvgIpc) is 2.71. The molecule has 0 aliphatic carbocycles. The van der Waals surface area contributed by atoms with Crippen LogP contribution in [0.5, 0.6) is 0 Å². The zero-order valence-corrected chi connectivity index (χ0v) is 10.5. The summed E-state index contributed by atoms with van der Waals surface area (Å²) in [4.78, 5) is 15.6. The molecule has 0 fully saturated rings. The SMILES string of the molecule is O=C(O)c1c(Cl)n(-c2ccccc2)c2ncccc12. The maximum atomic E-state index is 11.4. The van der Waals surface area contributed by atoms with E-state index in [0.29, 0.717) is 11.0 Å². The molecule has 0 amide bonds. The Bertz CT molecular complexity index is 766. The largest absolute Gasteiger partial charge is 0.478 e. The standard InChI is InChI=1S/C14H9ClN2O2/c15-12-11(14(18)19)10-7-4-8-16-13(10)17(12)9-5-2-1-3-6-9/h1-8H,(H,18,19). The highest BCUT2D eigenvalue weighted by Gasteiger charge is 2.22. The van der Waals surface area contributed by atoms with Gasteiger partial charge in [-0.3, -0.25) is 4.57 Å². The number of aromatic nitrogens is 2. The van der Waals surface area contributed by atoms with Crippen molar-refractivity contribution in [1.82, 2.24) is 9.55 Å². The summed E-state index contributed by atoms with van der Waals surface area (Å²) >= 11 is 6.22. The van der Waals surface area contributed by atoms with Gasteiger partial charge in [0.2, 0.25) is 0 Å². The molecule has 0 radical (unpaired) electrons. The van der Waals surface area contributed by atoms with Crippen molar-refractivity contribution >= 4 is 28.6 Å². The molecule has 2 heterocycles. The highest BCUT2D eigenvalue weighted by atomic mass is 35.5. The van der Waals surface area contributed by atoms with Gasteiger partial charge in [-0.1, -0.05) is 29.8 Å². The third-order valence-corrected chi connectivity index (χ3v) is 3.26. The predicted octanol–water partition coefficient (Wildman–Crippen LogP) is 3.38. The van der Waals surface area contributed by atoms with E-state index in [-0.39, 0.29) is 10.7 Å². The van der Waals surface area contributed by atoms with Crippen molar-refractivity contribution in [3.63, 3.8) is 0 Å². The molecule has 0 unspecified atom stereocenters. The molecule has 0 aliphatic heterocycles. The summed E-state index contributed by atoms with van der Waals surface area (Å²) in [5.41, 5.74) is 1.40. The number of hydrogen-bond acceptors (Lipinski definition) is 2. The summed E-state index contributed by atoms with van der Waals surface area (Å²) in [6.07, 6.45) is 1.61. The normalized spacial score (nSPS) is 10.8. The molecule has 0 spiro atoms. The lowest BCUT2D eigenvalue weighted by Gasteiger charge is -2.05. The van der Waals surface area contributed by atoms with Crippen molar-refractivity contribution in [2.24, 2.45) is 0 Å². The number of carboxylic acids is 1. The fourth-order valence-electron chi connectivity index (χ4n) is 2.10. The van der Waals surface area contributed by atoms with Gasteiger partial charge in [0.25, 0.3) is 0 Å². The predicted molar refractivity (Wildman–Crippen MR) is 73.0 cm³/mol. The van der Waals surface area contributed by atoms with Gasteiger partial charge in [0.05, 0.1) is 0 Å². The minimum absolute atomic E-state index is 0.0774. The summed E-state index contributed by atoms with van der Waals surface area (Å²) < 4.78 is 1.64. The van der Waals surface area contributed by atoms with Crippen LogP contribution in [0.25, 0.3) is 16.7 Å². The number of para-hydroxylation sites is 1. The van der Waals surface area contributed by atoms with Crippen molar-refractivity contribution in [3.8, 4) is 5.69 Å². The Kier molecular flexibility index (Phi) is 2.72. The number of pyridine rings is 1. The lowest BCUT2D eigenvalue weighted by molar-refractivity contribution is 0.0699. The molecule has 0 saturated heterocycles. The molecule has 1 aromatic carbocycles. The zero-order chi connectivity index (χ0) is 13.4. The molecule has 5 heteroatoms. The van der Waals surface area contributed by atoms with E-state index in [1.165, 1.54) is 0 Å². The molecule has 0 aliphatic rings. The number of carbonyl (C=O) groups is 1. The Hall–Kier alpha value is -2.33. The second kappa shape index (κ2) is 4.40. The first-order chi connectivity index (χ1) is 9.20. The highest BCUT2D eigenvalue weighted by Crippen LogP contribution is 2.31. The smallest absolute Gasteiger partial charge is 0.339 e. The van der Waals surface area contributed by atoms with Crippen LogP contribution >= 0.6 is 11.6 Å². The quantitative estimate of drug-likeness (QED) is 0.778. The lowest BCUT2D eigenvalue weighted by Crippen LogP contribution is -1.98. The van der Waals surface area contributed by atoms with Crippen molar-refractivity contribution in [3.05, 3.63) is 59.4 Å². The monoisotopic (exact) mass is 272 g/mol. The van der Waals surface area contributed by atoms with Crippen LogP contribution in [0.4, 0.5) is 0 Å². The Morgan fingerprint density at radius 3 is 2.58 bits per heavy atom. The lowest BCUT2D eigenvalue weighted by atomic mass is 10.2. The minimum Gasteiger partial charge on any atom is -0.478 e. The fourth-order valence-corrected chi connectivity index (χ4v) is 2.46. The molecular weight excluding hydrogens is 264 g/mol. The van der Waals surface area contributed by atoms with Crippen LogP contribution in [0.2, 0.25) is 5.15 Å². The summed E-state index contributed by atoms with van der Waals surface area (Å²) in [6.45, 7) is 0.